The maximum absolute atomic E-state index is 12.7. The first-order valence-corrected chi connectivity index (χ1v) is 9.06. The molecule has 0 unspecified atom stereocenters. The van der Waals surface area contributed by atoms with E-state index in [0.717, 1.165) is 11.6 Å². The van der Waals surface area contributed by atoms with Crippen LogP contribution in [0.1, 0.15) is 0 Å². The summed E-state index contributed by atoms with van der Waals surface area (Å²) < 4.78 is 7.66. The molecule has 0 aliphatic heterocycles. The maximum atomic E-state index is 12.7. The lowest BCUT2D eigenvalue weighted by atomic mass is 10.2. The molecule has 5 aromatic rings. The van der Waals surface area contributed by atoms with Gasteiger partial charge in [0.15, 0.2) is 0 Å². The molecule has 0 saturated carbocycles. The smallest absolute Gasteiger partial charge is 0.353 e. The largest absolute Gasteiger partial charge is 0.514 e. The van der Waals surface area contributed by atoms with Crippen LogP contribution in [0.4, 0.5) is 0 Å². The minimum Gasteiger partial charge on any atom is -0.514 e. The lowest BCUT2D eigenvalue weighted by Gasteiger charge is -2.10. The summed E-state index contributed by atoms with van der Waals surface area (Å²) in [4.78, 5) is 21.9. The first-order chi connectivity index (χ1) is 13.7. The number of hydrogen-bond acceptors (Lipinski definition) is 8. The fourth-order valence-electron chi connectivity index (χ4n) is 3.02. The van der Waals surface area contributed by atoms with Crippen LogP contribution in [0.5, 0.6) is 11.6 Å². The molecule has 0 spiro atoms. The van der Waals surface area contributed by atoms with Crippen molar-refractivity contribution in [1.82, 2.24) is 24.7 Å². The summed E-state index contributed by atoms with van der Waals surface area (Å²) in [6.07, 6.45) is 4.16. The first kappa shape index (κ1) is 16.3. The van der Waals surface area contributed by atoms with Crippen molar-refractivity contribution in [3.05, 3.63) is 69.9 Å². The molecule has 0 amide bonds. The van der Waals surface area contributed by atoms with E-state index >= 15 is 0 Å². The van der Waals surface area contributed by atoms with E-state index < -0.39 is 5.69 Å². The summed E-state index contributed by atoms with van der Waals surface area (Å²) in [6, 6.07) is 12.2. The third-order valence-corrected chi connectivity index (χ3v) is 5.21. The lowest BCUT2D eigenvalue weighted by Crippen LogP contribution is -2.22. The standard InChI is InChI=1S/C19H11N5O3S/c25-10-14-17-16-13(7-9-20-18(16)28-14)24(19(26)22-17)11-3-5-12(6-4-11)27-15-2-1-8-21-23-15/h1-10,25H. The minimum atomic E-state index is -0.441. The second-order valence-corrected chi connectivity index (χ2v) is 6.87. The number of aliphatic hydroxyl groups excluding tert-OH is 1. The molecular weight excluding hydrogens is 378 g/mol. The number of nitrogens with zero attached hydrogens (tertiary/aromatic N) is 5. The SMILES string of the molecule is O=c1nc2c(=CO)sc3nccc(c32)n1-c1ccc(Oc2cccnn2)cc1. The molecule has 0 aliphatic carbocycles. The Morgan fingerprint density at radius 1 is 1.11 bits per heavy atom. The number of benzene rings is 1. The van der Waals surface area contributed by atoms with Gasteiger partial charge in [-0.2, -0.15) is 10.1 Å². The minimum absolute atomic E-state index is 0.380. The van der Waals surface area contributed by atoms with Gasteiger partial charge in [-0.1, -0.05) is 0 Å². The Kier molecular flexibility index (Phi) is 3.73. The average Bonchev–Trinajstić information content (AvgIpc) is 3.09. The summed E-state index contributed by atoms with van der Waals surface area (Å²) >= 11 is 1.28. The van der Waals surface area contributed by atoms with Crippen molar-refractivity contribution in [2.24, 2.45) is 0 Å². The van der Waals surface area contributed by atoms with E-state index in [1.54, 1.807) is 54.9 Å². The Balaban J connectivity index is 1.65. The van der Waals surface area contributed by atoms with Crippen LogP contribution in [-0.4, -0.2) is 29.8 Å². The van der Waals surface area contributed by atoms with Gasteiger partial charge in [-0.05, 0) is 36.4 Å². The van der Waals surface area contributed by atoms with E-state index in [4.69, 9.17) is 4.74 Å². The van der Waals surface area contributed by atoms with Gasteiger partial charge in [0.05, 0.1) is 27.4 Å². The van der Waals surface area contributed by atoms with Gasteiger partial charge < -0.3 is 9.84 Å². The molecular formula is C19H11N5O3S. The van der Waals surface area contributed by atoms with E-state index in [2.05, 4.69) is 20.2 Å². The number of aromatic nitrogens is 5. The molecule has 9 heteroatoms. The predicted octanol–water partition coefficient (Wildman–Crippen LogP) is 2.59. The number of hydrogen-bond donors (Lipinski definition) is 1. The van der Waals surface area contributed by atoms with Crippen LogP contribution in [0.15, 0.2) is 59.7 Å². The molecule has 0 bridgehead atoms. The monoisotopic (exact) mass is 389 g/mol. The highest BCUT2D eigenvalue weighted by molar-refractivity contribution is 7.17. The number of rotatable bonds is 3. The Hall–Kier alpha value is -3.85. The van der Waals surface area contributed by atoms with E-state index in [0.29, 0.717) is 37.7 Å². The molecule has 0 fully saturated rings. The highest BCUT2D eigenvalue weighted by Crippen LogP contribution is 2.26. The van der Waals surface area contributed by atoms with Crippen molar-refractivity contribution in [3.63, 3.8) is 0 Å². The van der Waals surface area contributed by atoms with Crippen LogP contribution in [0.2, 0.25) is 0 Å². The van der Waals surface area contributed by atoms with Crippen LogP contribution in [-0.2, 0) is 0 Å². The highest BCUT2D eigenvalue weighted by atomic mass is 32.1. The van der Waals surface area contributed by atoms with Crippen LogP contribution < -0.4 is 15.0 Å². The van der Waals surface area contributed by atoms with Gasteiger partial charge in [-0.3, -0.25) is 4.57 Å². The summed E-state index contributed by atoms with van der Waals surface area (Å²) in [6.45, 7) is 0. The fraction of sp³-hybridized carbons (Fsp3) is 0. The van der Waals surface area contributed by atoms with Gasteiger partial charge in [-0.15, -0.1) is 16.4 Å². The van der Waals surface area contributed by atoms with Crippen molar-refractivity contribution in [3.8, 4) is 17.3 Å². The van der Waals surface area contributed by atoms with Crippen LogP contribution in [0.25, 0.3) is 33.2 Å². The van der Waals surface area contributed by atoms with Crippen molar-refractivity contribution in [2.45, 2.75) is 0 Å². The molecule has 1 N–H and O–H groups in total. The fourth-order valence-corrected chi connectivity index (χ4v) is 3.94. The Bertz CT molecular complexity index is 1410. The molecule has 136 valence electrons. The summed E-state index contributed by atoms with van der Waals surface area (Å²) in [5.74, 6) is 0.949. The quantitative estimate of drug-likeness (QED) is 0.506. The molecule has 0 radical (unpaired) electrons. The zero-order chi connectivity index (χ0) is 19.1. The number of pyridine rings is 1. The number of thiophene rings is 1. The molecule has 5 rings (SSSR count). The molecule has 8 nitrogen and oxygen atoms in total. The van der Waals surface area contributed by atoms with E-state index in [1.165, 1.54) is 15.9 Å². The maximum Gasteiger partial charge on any atom is 0.353 e. The first-order valence-electron chi connectivity index (χ1n) is 8.25. The topological polar surface area (TPSA) is 103 Å². The second-order valence-electron chi connectivity index (χ2n) is 5.84. The molecule has 28 heavy (non-hydrogen) atoms. The summed E-state index contributed by atoms with van der Waals surface area (Å²) in [7, 11) is 0. The summed E-state index contributed by atoms with van der Waals surface area (Å²) in [5.41, 5.74) is 1.32. The van der Waals surface area contributed by atoms with Crippen LogP contribution >= 0.6 is 11.3 Å². The number of ether oxygens (including phenoxy) is 1. The van der Waals surface area contributed by atoms with Crippen molar-refractivity contribution in [1.29, 1.82) is 0 Å². The Labute approximate surface area is 161 Å². The molecule has 0 saturated heterocycles. The molecule has 4 heterocycles. The zero-order valence-electron chi connectivity index (χ0n) is 14.2. The van der Waals surface area contributed by atoms with E-state index in [1.807, 2.05) is 0 Å². The van der Waals surface area contributed by atoms with E-state index in [9.17, 15) is 9.90 Å². The molecule has 0 aliphatic rings. The third-order valence-electron chi connectivity index (χ3n) is 4.19. The van der Waals surface area contributed by atoms with Gasteiger partial charge in [0.2, 0.25) is 5.88 Å². The molecule has 1 aromatic carbocycles. The van der Waals surface area contributed by atoms with Gasteiger partial charge in [0.25, 0.3) is 0 Å². The van der Waals surface area contributed by atoms with E-state index in [-0.39, 0.29) is 0 Å². The molecule has 4 aromatic heterocycles. The third kappa shape index (κ3) is 2.57. The van der Waals surface area contributed by atoms with Gasteiger partial charge in [-0.25, -0.2) is 9.78 Å². The lowest BCUT2D eigenvalue weighted by molar-refractivity contribution is 0.455. The van der Waals surface area contributed by atoms with Gasteiger partial charge >= 0.3 is 5.69 Å². The van der Waals surface area contributed by atoms with Gasteiger partial charge in [0.1, 0.15) is 16.1 Å². The zero-order valence-corrected chi connectivity index (χ0v) is 15.0. The highest BCUT2D eigenvalue weighted by Gasteiger charge is 2.15. The summed E-state index contributed by atoms with van der Waals surface area (Å²) in [5, 5.41) is 17.8. The van der Waals surface area contributed by atoms with Crippen molar-refractivity contribution >= 4 is 38.8 Å². The van der Waals surface area contributed by atoms with Crippen molar-refractivity contribution in [2.75, 3.05) is 0 Å². The van der Waals surface area contributed by atoms with Gasteiger partial charge in [0, 0.05) is 18.5 Å². The van der Waals surface area contributed by atoms with Crippen molar-refractivity contribution < 1.29 is 9.84 Å². The van der Waals surface area contributed by atoms with Crippen LogP contribution in [0.3, 0.4) is 0 Å². The molecule has 0 atom stereocenters. The predicted molar refractivity (Wildman–Crippen MR) is 105 cm³/mol. The normalized spacial score (nSPS) is 12.1. The van der Waals surface area contributed by atoms with Crippen LogP contribution in [0, 0.1) is 0 Å². The second kappa shape index (κ2) is 6.39. The Morgan fingerprint density at radius 3 is 2.71 bits per heavy atom. The number of aliphatic hydroxyl groups is 1. The average molecular weight is 389 g/mol. The Morgan fingerprint density at radius 2 is 1.96 bits per heavy atom.